The van der Waals surface area contributed by atoms with Crippen molar-refractivity contribution in [2.75, 3.05) is 18.4 Å². The minimum atomic E-state index is -4.70. The van der Waals surface area contributed by atoms with Gasteiger partial charge < -0.3 is 22.1 Å². The molecular weight excluding hydrogens is 421 g/mol. The summed E-state index contributed by atoms with van der Waals surface area (Å²) in [7, 11) is 0. The van der Waals surface area contributed by atoms with Gasteiger partial charge >= 0.3 is 6.18 Å². The second-order valence-electron chi connectivity index (χ2n) is 6.17. The fourth-order valence-electron chi connectivity index (χ4n) is 2.59. The highest BCUT2D eigenvalue weighted by molar-refractivity contribution is 8.04. The number of nitrogens with one attached hydrogen (secondary N) is 2. The summed E-state index contributed by atoms with van der Waals surface area (Å²) in [6.45, 7) is 0.883. The molecular formula is C18H17F3N6O2S. The predicted octanol–water partition coefficient (Wildman–Crippen LogP) is 1.95. The number of primary amides is 1. The van der Waals surface area contributed by atoms with E-state index in [1.54, 1.807) is 18.2 Å². The third-order valence-corrected chi connectivity index (χ3v) is 5.08. The molecule has 0 bridgehead atoms. The quantitative estimate of drug-likeness (QED) is 0.400. The van der Waals surface area contributed by atoms with Crippen LogP contribution in [0.4, 0.5) is 18.9 Å². The number of nitrogens with zero attached hydrogens (tertiary/aromatic N) is 2. The van der Waals surface area contributed by atoms with Gasteiger partial charge in [0.25, 0.3) is 11.8 Å². The molecule has 0 radical (unpaired) electrons. The van der Waals surface area contributed by atoms with Crippen molar-refractivity contribution in [2.45, 2.75) is 17.5 Å². The zero-order valence-electron chi connectivity index (χ0n) is 15.4. The summed E-state index contributed by atoms with van der Waals surface area (Å²) in [5.74, 6) is -1.72. The molecule has 0 spiro atoms. The average molecular weight is 438 g/mol. The molecule has 0 atom stereocenters. The monoisotopic (exact) mass is 438 g/mol. The van der Waals surface area contributed by atoms with Crippen LogP contribution in [0.3, 0.4) is 0 Å². The predicted molar refractivity (Wildman–Crippen MR) is 105 cm³/mol. The molecule has 0 saturated carbocycles. The first-order chi connectivity index (χ1) is 14.2. The summed E-state index contributed by atoms with van der Waals surface area (Å²) in [4.78, 5) is 32.0. The van der Waals surface area contributed by atoms with Gasteiger partial charge in [-0.1, -0.05) is 11.8 Å². The van der Waals surface area contributed by atoms with Gasteiger partial charge in [-0.25, -0.2) is 9.97 Å². The summed E-state index contributed by atoms with van der Waals surface area (Å²) >= 11 is 1.05. The lowest BCUT2D eigenvalue weighted by atomic mass is 10.2. The number of carbonyl (C=O) groups is 2. The molecule has 2 aromatic rings. The number of amides is 2. The summed E-state index contributed by atoms with van der Waals surface area (Å²) < 4.78 is 38.9. The smallest absolute Gasteiger partial charge is 0.365 e. The Kier molecular flexibility index (Phi) is 6.27. The van der Waals surface area contributed by atoms with Crippen molar-refractivity contribution >= 4 is 34.8 Å². The number of nitrogens with two attached hydrogens (primary N) is 2. The molecule has 2 heterocycles. The van der Waals surface area contributed by atoms with Crippen LogP contribution in [-0.4, -0.2) is 34.9 Å². The number of carbonyl (C=O) groups excluding carboxylic acids is 2. The molecule has 0 unspecified atom stereocenters. The average Bonchev–Trinajstić information content (AvgIpc) is 3.10. The third kappa shape index (κ3) is 4.71. The van der Waals surface area contributed by atoms with Crippen molar-refractivity contribution < 1.29 is 22.8 Å². The Bertz CT molecular complexity index is 1030. The van der Waals surface area contributed by atoms with E-state index in [0.29, 0.717) is 41.7 Å². The van der Waals surface area contributed by atoms with E-state index in [1.165, 1.54) is 0 Å². The Hall–Kier alpha value is -3.12. The fraction of sp³-hybridized carbons (Fsp3) is 0.222. The van der Waals surface area contributed by atoms with Crippen LogP contribution in [0.1, 0.15) is 28.3 Å². The summed E-state index contributed by atoms with van der Waals surface area (Å²) in [5, 5.41) is 5.83. The van der Waals surface area contributed by atoms with Gasteiger partial charge in [0, 0.05) is 23.2 Å². The van der Waals surface area contributed by atoms with Gasteiger partial charge in [0.1, 0.15) is 11.3 Å². The number of halogens is 3. The first kappa shape index (κ1) is 21.6. The number of benzene rings is 1. The van der Waals surface area contributed by atoms with E-state index >= 15 is 0 Å². The maximum Gasteiger partial charge on any atom is 0.433 e. The molecule has 1 aromatic heterocycles. The highest BCUT2D eigenvalue weighted by Crippen LogP contribution is 2.44. The van der Waals surface area contributed by atoms with Crippen LogP contribution >= 0.6 is 11.8 Å². The van der Waals surface area contributed by atoms with Crippen LogP contribution in [0.2, 0.25) is 0 Å². The molecule has 2 amide bonds. The molecule has 158 valence electrons. The van der Waals surface area contributed by atoms with Crippen LogP contribution in [0.5, 0.6) is 0 Å². The number of hydrogen-bond acceptors (Lipinski definition) is 7. The minimum absolute atomic E-state index is 0.178. The van der Waals surface area contributed by atoms with E-state index < -0.39 is 23.6 Å². The molecule has 1 aromatic carbocycles. The summed E-state index contributed by atoms with van der Waals surface area (Å²) in [5.41, 5.74) is 10.3. The van der Waals surface area contributed by atoms with E-state index in [-0.39, 0.29) is 16.5 Å². The largest absolute Gasteiger partial charge is 0.433 e. The van der Waals surface area contributed by atoms with E-state index in [2.05, 4.69) is 20.6 Å². The van der Waals surface area contributed by atoms with E-state index in [0.717, 1.165) is 18.0 Å². The Balaban J connectivity index is 1.91. The number of aromatic nitrogens is 2. The van der Waals surface area contributed by atoms with Crippen LogP contribution in [0, 0.1) is 0 Å². The standard InChI is InChI=1S/C18H17F3N6O2S/c19-18(20,21)12-4-7-24-15(27-12)13(14(23)28)17-26-10-3-2-9(8-11(10)30-17)16(29)25-6-1-5-22/h2-4,7-8,26H,1,5-6,22H2,(H2,23,28)(H,25,29)/b17-13-. The van der Waals surface area contributed by atoms with E-state index in [9.17, 15) is 22.8 Å². The van der Waals surface area contributed by atoms with Crippen molar-refractivity contribution in [1.29, 1.82) is 0 Å². The van der Waals surface area contributed by atoms with Gasteiger partial charge in [0.05, 0.1) is 10.7 Å². The fourth-order valence-corrected chi connectivity index (χ4v) is 3.68. The van der Waals surface area contributed by atoms with E-state index in [4.69, 9.17) is 11.5 Å². The molecule has 3 rings (SSSR count). The summed E-state index contributed by atoms with van der Waals surface area (Å²) in [6.07, 6.45) is -3.15. The lowest BCUT2D eigenvalue weighted by Crippen LogP contribution is -2.25. The Morgan fingerprint density at radius 3 is 2.67 bits per heavy atom. The first-order valence-corrected chi connectivity index (χ1v) is 9.54. The molecule has 1 aliphatic rings. The van der Waals surface area contributed by atoms with Crippen LogP contribution in [-0.2, 0) is 11.0 Å². The number of alkyl halides is 3. The van der Waals surface area contributed by atoms with E-state index in [1.807, 2.05) is 0 Å². The molecule has 1 aliphatic heterocycles. The number of hydrogen-bond donors (Lipinski definition) is 4. The Morgan fingerprint density at radius 1 is 1.23 bits per heavy atom. The second kappa shape index (κ2) is 8.71. The molecule has 8 nitrogen and oxygen atoms in total. The van der Waals surface area contributed by atoms with Gasteiger partial charge in [-0.3, -0.25) is 9.59 Å². The van der Waals surface area contributed by atoms with Gasteiger partial charge in [0.15, 0.2) is 5.82 Å². The van der Waals surface area contributed by atoms with Gasteiger partial charge in [-0.2, -0.15) is 13.2 Å². The number of rotatable bonds is 6. The lowest BCUT2D eigenvalue weighted by molar-refractivity contribution is -0.141. The molecule has 0 aliphatic carbocycles. The highest BCUT2D eigenvalue weighted by Gasteiger charge is 2.34. The van der Waals surface area contributed by atoms with Crippen LogP contribution in [0.25, 0.3) is 5.57 Å². The maximum atomic E-state index is 13.0. The SMILES string of the molecule is NCCCNC(=O)c1ccc2c(c1)S/C(=C(/C(N)=O)c1nccc(C(F)(F)F)n1)N2. The van der Waals surface area contributed by atoms with Crippen molar-refractivity contribution in [3.8, 4) is 0 Å². The second-order valence-corrected chi connectivity index (χ2v) is 7.22. The summed E-state index contributed by atoms with van der Waals surface area (Å²) in [6, 6.07) is 5.51. The lowest BCUT2D eigenvalue weighted by Gasteiger charge is -2.09. The first-order valence-electron chi connectivity index (χ1n) is 8.72. The third-order valence-electron chi connectivity index (χ3n) is 4.01. The molecule has 30 heavy (non-hydrogen) atoms. The number of fused-ring (bicyclic) bond motifs is 1. The topological polar surface area (TPSA) is 136 Å². The zero-order chi connectivity index (χ0) is 21.9. The molecule has 12 heteroatoms. The van der Waals surface area contributed by atoms with Crippen molar-refractivity contribution in [1.82, 2.24) is 15.3 Å². The number of thioether (sulfide) groups is 1. The molecule has 0 saturated heterocycles. The highest BCUT2D eigenvalue weighted by atomic mass is 32.2. The van der Waals surface area contributed by atoms with Gasteiger partial charge in [-0.05, 0) is 37.2 Å². The van der Waals surface area contributed by atoms with Crippen molar-refractivity contribution in [3.63, 3.8) is 0 Å². The zero-order valence-corrected chi connectivity index (χ0v) is 16.2. The minimum Gasteiger partial charge on any atom is -0.365 e. The maximum absolute atomic E-state index is 13.0. The molecule has 0 fully saturated rings. The Morgan fingerprint density at radius 2 is 2.00 bits per heavy atom. The van der Waals surface area contributed by atoms with Crippen LogP contribution < -0.4 is 22.1 Å². The molecule has 6 N–H and O–H groups in total. The Labute approximate surface area is 173 Å². The van der Waals surface area contributed by atoms with Gasteiger partial charge in [-0.15, -0.1) is 0 Å². The van der Waals surface area contributed by atoms with Crippen molar-refractivity contribution in [3.05, 3.63) is 52.6 Å². The van der Waals surface area contributed by atoms with Crippen molar-refractivity contribution in [2.24, 2.45) is 11.5 Å². The van der Waals surface area contributed by atoms with Crippen LogP contribution in [0.15, 0.2) is 40.4 Å². The van der Waals surface area contributed by atoms with Gasteiger partial charge in [0.2, 0.25) is 0 Å². The number of anilines is 1. The normalized spacial score (nSPS) is 14.7.